The van der Waals surface area contributed by atoms with Crippen LogP contribution < -0.4 is 14.4 Å². The van der Waals surface area contributed by atoms with E-state index in [0.29, 0.717) is 28.9 Å². The molecule has 1 atom stereocenters. The molecule has 41 heavy (non-hydrogen) atoms. The van der Waals surface area contributed by atoms with Gasteiger partial charge in [0, 0.05) is 13.1 Å². The minimum absolute atomic E-state index is 0.000238. The maximum atomic E-state index is 14.0. The van der Waals surface area contributed by atoms with Crippen LogP contribution in [0, 0.1) is 6.92 Å². The number of hydrogen-bond donors (Lipinski definition) is 1. The molecule has 0 saturated carbocycles. The maximum Gasteiger partial charge on any atom is 0.264 e. The number of ether oxygens (including phenoxy) is 1. The van der Waals surface area contributed by atoms with Gasteiger partial charge in [-0.25, -0.2) is 8.42 Å². The summed E-state index contributed by atoms with van der Waals surface area (Å²) >= 11 is 3.36. The first-order valence-corrected chi connectivity index (χ1v) is 15.9. The molecule has 0 aliphatic rings. The highest BCUT2D eigenvalue weighted by Gasteiger charge is 2.32. The molecule has 220 valence electrons. The molecule has 2 amide bonds. The van der Waals surface area contributed by atoms with E-state index in [-0.39, 0.29) is 17.3 Å². The second-order valence-corrected chi connectivity index (χ2v) is 12.5. The lowest BCUT2D eigenvalue weighted by Crippen LogP contribution is -2.52. The Morgan fingerprint density at radius 2 is 1.71 bits per heavy atom. The average Bonchev–Trinajstić information content (AvgIpc) is 2.97. The first-order chi connectivity index (χ1) is 19.6. The molecule has 0 saturated heterocycles. The molecule has 3 rings (SSSR count). The van der Waals surface area contributed by atoms with Crippen LogP contribution in [0.2, 0.25) is 0 Å². The number of carbonyl (C=O) groups is 2. The highest BCUT2D eigenvalue weighted by Crippen LogP contribution is 2.31. The van der Waals surface area contributed by atoms with E-state index in [2.05, 4.69) is 21.2 Å². The number of anilines is 1. The van der Waals surface area contributed by atoms with Crippen LogP contribution in [0.4, 0.5) is 5.69 Å². The Kier molecular flexibility index (Phi) is 11.8. The highest BCUT2D eigenvalue weighted by molar-refractivity contribution is 9.10. The van der Waals surface area contributed by atoms with Crippen molar-refractivity contribution >= 4 is 43.5 Å². The minimum atomic E-state index is -4.17. The van der Waals surface area contributed by atoms with Gasteiger partial charge < -0.3 is 15.0 Å². The van der Waals surface area contributed by atoms with E-state index in [1.165, 1.54) is 24.1 Å². The number of methoxy groups -OCH3 is 1. The Morgan fingerprint density at radius 3 is 2.32 bits per heavy atom. The monoisotopic (exact) mass is 643 g/mol. The summed E-state index contributed by atoms with van der Waals surface area (Å²) in [5, 5.41) is 2.90. The lowest BCUT2D eigenvalue weighted by Gasteiger charge is -2.32. The van der Waals surface area contributed by atoms with Crippen molar-refractivity contribution in [2.24, 2.45) is 0 Å². The summed E-state index contributed by atoms with van der Waals surface area (Å²) < 4.78 is 34.8. The van der Waals surface area contributed by atoms with E-state index in [9.17, 15) is 18.0 Å². The van der Waals surface area contributed by atoms with Crippen LogP contribution in [0.25, 0.3) is 0 Å². The molecule has 3 aromatic carbocycles. The van der Waals surface area contributed by atoms with Crippen LogP contribution in [-0.4, -0.2) is 57.9 Å². The third-order valence-electron chi connectivity index (χ3n) is 6.79. The lowest BCUT2D eigenvalue weighted by atomic mass is 10.1. The summed E-state index contributed by atoms with van der Waals surface area (Å²) in [6.45, 7) is 5.90. The van der Waals surface area contributed by atoms with Crippen LogP contribution in [-0.2, 0) is 26.0 Å². The van der Waals surface area contributed by atoms with Crippen molar-refractivity contribution in [1.82, 2.24) is 10.2 Å². The topological polar surface area (TPSA) is 96.0 Å². The molecule has 0 aliphatic heterocycles. The van der Waals surface area contributed by atoms with Gasteiger partial charge >= 0.3 is 0 Å². The van der Waals surface area contributed by atoms with E-state index in [0.717, 1.165) is 28.3 Å². The molecule has 0 bridgehead atoms. The van der Waals surface area contributed by atoms with Crippen LogP contribution >= 0.6 is 15.9 Å². The third-order valence-corrected chi connectivity index (χ3v) is 9.18. The molecular weight excluding hydrogens is 606 g/mol. The van der Waals surface area contributed by atoms with Gasteiger partial charge in [0.25, 0.3) is 10.0 Å². The summed E-state index contributed by atoms with van der Waals surface area (Å²) in [5.74, 6) is -0.267. The van der Waals surface area contributed by atoms with Gasteiger partial charge in [-0.2, -0.15) is 0 Å². The Bertz CT molecular complexity index is 1420. The SMILES string of the molecule is CCCCNC(=O)[C@H](C)N(CCc1ccccc1)C(=O)CN(c1ccc(C)cc1)S(=O)(=O)c1ccc(OC)c(Br)c1. The normalized spacial score (nSPS) is 11.9. The molecule has 8 nitrogen and oxygen atoms in total. The number of nitrogens with one attached hydrogen (secondary N) is 1. The van der Waals surface area contributed by atoms with Gasteiger partial charge in [0.15, 0.2) is 0 Å². The number of nitrogens with zero attached hydrogens (tertiary/aromatic N) is 2. The summed E-state index contributed by atoms with van der Waals surface area (Å²) in [6, 6.07) is 20.3. The Balaban J connectivity index is 1.97. The number of hydrogen-bond acceptors (Lipinski definition) is 5. The minimum Gasteiger partial charge on any atom is -0.496 e. The van der Waals surface area contributed by atoms with Gasteiger partial charge in [0.1, 0.15) is 18.3 Å². The molecule has 10 heteroatoms. The zero-order chi connectivity index (χ0) is 30.0. The van der Waals surface area contributed by atoms with Gasteiger partial charge in [0.05, 0.1) is 22.2 Å². The van der Waals surface area contributed by atoms with Crippen molar-refractivity contribution in [3.05, 3.63) is 88.4 Å². The van der Waals surface area contributed by atoms with Crippen molar-refractivity contribution in [3.8, 4) is 5.75 Å². The summed E-state index contributed by atoms with van der Waals surface area (Å²) in [7, 11) is -2.68. The van der Waals surface area contributed by atoms with E-state index in [4.69, 9.17) is 4.74 Å². The predicted octanol–water partition coefficient (Wildman–Crippen LogP) is 5.34. The van der Waals surface area contributed by atoms with Crippen molar-refractivity contribution in [2.45, 2.75) is 51.0 Å². The van der Waals surface area contributed by atoms with Crippen LogP contribution in [0.5, 0.6) is 5.75 Å². The van der Waals surface area contributed by atoms with Crippen LogP contribution in [0.3, 0.4) is 0 Å². The number of amides is 2. The molecule has 1 N–H and O–H groups in total. The first-order valence-electron chi connectivity index (χ1n) is 13.6. The van der Waals surface area contributed by atoms with E-state index < -0.39 is 28.5 Å². The van der Waals surface area contributed by atoms with Crippen molar-refractivity contribution in [3.63, 3.8) is 0 Å². The molecule has 0 radical (unpaired) electrons. The van der Waals surface area contributed by atoms with E-state index in [1.54, 1.807) is 37.3 Å². The number of halogens is 1. The number of carbonyl (C=O) groups excluding carboxylic acids is 2. The number of unbranched alkanes of at least 4 members (excludes halogenated alkanes) is 1. The van der Waals surface area contributed by atoms with Crippen molar-refractivity contribution in [1.29, 1.82) is 0 Å². The molecule has 0 unspecified atom stereocenters. The zero-order valence-electron chi connectivity index (χ0n) is 24.0. The first kappa shape index (κ1) is 32.1. The number of rotatable bonds is 14. The standard InChI is InChI=1S/C31H38BrN3O5S/c1-5-6-19-33-31(37)24(3)34(20-18-25-10-8-7-9-11-25)30(36)22-35(26-14-12-23(2)13-15-26)41(38,39)27-16-17-29(40-4)28(32)21-27/h7-17,21,24H,5-6,18-20,22H2,1-4H3,(H,33,37)/t24-/m0/s1. The fourth-order valence-electron chi connectivity index (χ4n) is 4.28. The zero-order valence-corrected chi connectivity index (χ0v) is 26.4. The quantitative estimate of drug-likeness (QED) is 0.239. The van der Waals surface area contributed by atoms with Crippen LogP contribution in [0.1, 0.15) is 37.8 Å². The second-order valence-electron chi connectivity index (χ2n) is 9.79. The fraction of sp³-hybridized carbons (Fsp3) is 0.355. The Morgan fingerprint density at radius 1 is 1.02 bits per heavy atom. The molecule has 3 aromatic rings. The fourth-order valence-corrected chi connectivity index (χ4v) is 6.41. The van der Waals surface area contributed by atoms with Gasteiger partial charge in [-0.05, 0) is 78.5 Å². The number of sulfonamides is 1. The second kappa shape index (κ2) is 15.0. The predicted molar refractivity (Wildman–Crippen MR) is 166 cm³/mol. The molecule has 0 aromatic heterocycles. The lowest BCUT2D eigenvalue weighted by molar-refractivity contribution is -0.138. The Labute approximate surface area is 251 Å². The average molecular weight is 645 g/mol. The number of aryl methyl sites for hydroxylation is 1. The van der Waals surface area contributed by atoms with Crippen molar-refractivity contribution in [2.75, 3.05) is 31.0 Å². The smallest absolute Gasteiger partial charge is 0.264 e. The van der Waals surface area contributed by atoms with E-state index >= 15 is 0 Å². The van der Waals surface area contributed by atoms with Gasteiger partial charge in [-0.3, -0.25) is 13.9 Å². The molecular formula is C31H38BrN3O5S. The summed E-state index contributed by atoms with van der Waals surface area (Å²) in [6.07, 6.45) is 2.27. The third kappa shape index (κ3) is 8.56. The highest BCUT2D eigenvalue weighted by atomic mass is 79.9. The maximum absolute atomic E-state index is 14.0. The van der Waals surface area contributed by atoms with E-state index in [1.807, 2.05) is 44.2 Å². The molecule has 0 aliphatic carbocycles. The molecule has 0 heterocycles. The van der Waals surface area contributed by atoms with Gasteiger partial charge in [-0.1, -0.05) is 61.4 Å². The molecule has 0 fully saturated rings. The van der Waals surface area contributed by atoms with Crippen molar-refractivity contribution < 1.29 is 22.7 Å². The largest absolute Gasteiger partial charge is 0.496 e. The number of benzene rings is 3. The summed E-state index contributed by atoms with van der Waals surface area (Å²) in [4.78, 5) is 28.4. The van der Waals surface area contributed by atoms with Gasteiger partial charge in [-0.15, -0.1) is 0 Å². The van der Waals surface area contributed by atoms with Gasteiger partial charge in [0.2, 0.25) is 11.8 Å². The molecule has 0 spiro atoms. The Hall–Kier alpha value is -3.37. The summed E-state index contributed by atoms with van der Waals surface area (Å²) in [5.41, 5.74) is 2.31. The van der Waals surface area contributed by atoms with Crippen LogP contribution in [0.15, 0.2) is 82.2 Å².